The van der Waals surface area contributed by atoms with E-state index < -0.39 is 24.3 Å². The standard InChI is InChI=1S/C60H115NO8/c1-6-8-10-12-14-16-18-20-22-24-26-27-28-29-30-31-33-34-36-38-40-42-44-46-48-50-57(62)67-54-56(55-68-60(59(64)65)66-53-52-61(3,4)5)69-58(63)51-49-47-45-43-41-39-37-35-32-25-23-21-19-17-15-13-11-9-7-2/h21,23,56,60H,6-20,22,24-55H2,1-5H3/b23-21-. The highest BCUT2D eigenvalue weighted by Gasteiger charge is 2.22. The van der Waals surface area contributed by atoms with E-state index in [0.29, 0.717) is 23.9 Å². The molecule has 0 aliphatic carbocycles. The van der Waals surface area contributed by atoms with Crippen molar-refractivity contribution in [3.63, 3.8) is 0 Å². The number of hydrogen-bond acceptors (Lipinski definition) is 8. The summed E-state index contributed by atoms with van der Waals surface area (Å²) in [6.07, 6.45) is 56.9. The van der Waals surface area contributed by atoms with Crippen LogP contribution >= 0.6 is 0 Å². The lowest BCUT2D eigenvalue weighted by Gasteiger charge is -2.26. The number of aliphatic carboxylic acids is 1. The van der Waals surface area contributed by atoms with Gasteiger partial charge in [0.1, 0.15) is 13.2 Å². The van der Waals surface area contributed by atoms with Crippen LogP contribution in [0, 0.1) is 0 Å². The van der Waals surface area contributed by atoms with Crippen molar-refractivity contribution in [3.8, 4) is 0 Å². The van der Waals surface area contributed by atoms with Gasteiger partial charge in [-0.05, 0) is 38.5 Å². The summed E-state index contributed by atoms with van der Waals surface area (Å²) in [6.45, 7) is 4.80. The van der Waals surface area contributed by atoms with E-state index in [4.69, 9.17) is 18.9 Å². The molecule has 0 aromatic heterocycles. The lowest BCUT2D eigenvalue weighted by molar-refractivity contribution is -0.870. The fourth-order valence-electron chi connectivity index (χ4n) is 8.89. The molecule has 0 amide bonds. The number of ether oxygens (including phenoxy) is 4. The number of unbranched alkanes of at least 4 members (excludes halogenated alkanes) is 39. The summed E-state index contributed by atoms with van der Waals surface area (Å²) in [4.78, 5) is 37.3. The summed E-state index contributed by atoms with van der Waals surface area (Å²) in [5.41, 5.74) is 0. The van der Waals surface area contributed by atoms with Gasteiger partial charge in [0.2, 0.25) is 0 Å². The van der Waals surface area contributed by atoms with Gasteiger partial charge in [-0.1, -0.05) is 257 Å². The molecule has 0 heterocycles. The first kappa shape index (κ1) is 67.0. The van der Waals surface area contributed by atoms with E-state index in [2.05, 4.69) is 26.0 Å². The van der Waals surface area contributed by atoms with E-state index in [1.165, 1.54) is 225 Å². The van der Waals surface area contributed by atoms with E-state index in [1.807, 2.05) is 21.1 Å². The van der Waals surface area contributed by atoms with Crippen LogP contribution in [0.5, 0.6) is 0 Å². The van der Waals surface area contributed by atoms with Crippen molar-refractivity contribution in [2.45, 2.75) is 309 Å². The fraction of sp³-hybridized carbons (Fsp3) is 0.917. The number of quaternary nitrogens is 1. The van der Waals surface area contributed by atoms with Crippen LogP contribution in [0.4, 0.5) is 0 Å². The second-order valence-electron chi connectivity index (χ2n) is 21.6. The van der Waals surface area contributed by atoms with Crippen molar-refractivity contribution in [2.75, 3.05) is 47.5 Å². The van der Waals surface area contributed by atoms with Gasteiger partial charge >= 0.3 is 11.9 Å². The number of carboxylic acid groups (broad SMARTS) is 1. The summed E-state index contributed by atoms with van der Waals surface area (Å²) in [5.74, 6) is -2.26. The van der Waals surface area contributed by atoms with E-state index in [9.17, 15) is 19.5 Å². The number of carbonyl (C=O) groups is 3. The summed E-state index contributed by atoms with van der Waals surface area (Å²) in [5, 5.41) is 11.8. The number of likely N-dealkylation sites (N-methyl/N-ethyl adjacent to an activating group) is 1. The maximum absolute atomic E-state index is 12.9. The number of nitrogens with zero attached hydrogens (tertiary/aromatic N) is 1. The van der Waals surface area contributed by atoms with Crippen LogP contribution in [0.2, 0.25) is 0 Å². The van der Waals surface area contributed by atoms with Gasteiger partial charge in [-0.2, -0.15) is 0 Å². The second-order valence-corrected chi connectivity index (χ2v) is 21.6. The normalized spacial score (nSPS) is 12.8. The van der Waals surface area contributed by atoms with Gasteiger partial charge in [0.25, 0.3) is 0 Å². The van der Waals surface area contributed by atoms with Gasteiger partial charge in [-0.25, -0.2) is 0 Å². The molecule has 0 aliphatic heterocycles. The number of esters is 2. The van der Waals surface area contributed by atoms with Crippen LogP contribution in [-0.4, -0.2) is 82.3 Å². The zero-order valence-electron chi connectivity index (χ0n) is 46.5. The van der Waals surface area contributed by atoms with Crippen molar-refractivity contribution >= 4 is 17.9 Å². The van der Waals surface area contributed by atoms with E-state index in [0.717, 1.165) is 38.5 Å². The summed E-state index contributed by atoms with van der Waals surface area (Å²) >= 11 is 0. The van der Waals surface area contributed by atoms with Gasteiger partial charge in [0.05, 0.1) is 40.3 Å². The Labute approximate surface area is 427 Å². The minimum absolute atomic E-state index is 0.151. The number of carbonyl (C=O) groups excluding carboxylic acids is 3. The van der Waals surface area contributed by atoms with Crippen molar-refractivity contribution < 1.29 is 42.9 Å². The van der Waals surface area contributed by atoms with Crippen molar-refractivity contribution in [1.82, 2.24) is 0 Å². The molecule has 0 aliphatic rings. The Bertz CT molecular complexity index is 1140. The molecule has 0 aromatic rings. The highest BCUT2D eigenvalue weighted by atomic mass is 16.7. The zero-order valence-corrected chi connectivity index (χ0v) is 46.5. The third kappa shape index (κ3) is 53.7. The molecule has 2 atom stereocenters. The van der Waals surface area contributed by atoms with Gasteiger partial charge in [-0.15, -0.1) is 0 Å². The highest BCUT2D eigenvalue weighted by molar-refractivity contribution is 5.70. The average Bonchev–Trinajstić information content (AvgIpc) is 3.31. The van der Waals surface area contributed by atoms with Crippen LogP contribution in [0.1, 0.15) is 296 Å². The third-order valence-corrected chi connectivity index (χ3v) is 13.5. The first-order chi connectivity index (χ1) is 33.6. The number of allylic oxidation sites excluding steroid dienone is 2. The van der Waals surface area contributed by atoms with Crippen LogP contribution < -0.4 is 5.11 Å². The molecule has 0 fully saturated rings. The average molecular weight is 979 g/mol. The van der Waals surface area contributed by atoms with Gasteiger partial charge in [-0.3, -0.25) is 9.59 Å². The van der Waals surface area contributed by atoms with Crippen molar-refractivity contribution in [3.05, 3.63) is 12.2 Å². The van der Waals surface area contributed by atoms with Gasteiger partial charge in [0.15, 0.2) is 12.4 Å². The predicted octanol–water partition coefficient (Wildman–Crippen LogP) is 16.0. The molecule has 0 bridgehead atoms. The monoisotopic (exact) mass is 978 g/mol. The topological polar surface area (TPSA) is 111 Å². The molecule has 2 unspecified atom stereocenters. The summed E-state index contributed by atoms with van der Waals surface area (Å²) < 4.78 is 22.7. The molecule has 0 N–H and O–H groups in total. The Morgan fingerprint density at radius 2 is 0.739 bits per heavy atom. The lowest BCUT2D eigenvalue weighted by atomic mass is 10.0. The molecule has 9 nitrogen and oxygen atoms in total. The van der Waals surface area contributed by atoms with Gasteiger partial charge < -0.3 is 33.3 Å². The van der Waals surface area contributed by atoms with E-state index in [1.54, 1.807) is 0 Å². The van der Waals surface area contributed by atoms with Gasteiger partial charge in [0, 0.05) is 12.8 Å². The molecule has 0 aromatic carbocycles. The minimum Gasteiger partial charge on any atom is -0.545 e. The summed E-state index contributed by atoms with van der Waals surface area (Å²) in [6, 6.07) is 0. The predicted molar refractivity (Wildman–Crippen MR) is 288 cm³/mol. The maximum Gasteiger partial charge on any atom is 0.306 e. The molecule has 0 rings (SSSR count). The third-order valence-electron chi connectivity index (χ3n) is 13.5. The largest absolute Gasteiger partial charge is 0.545 e. The van der Waals surface area contributed by atoms with E-state index >= 15 is 0 Å². The smallest absolute Gasteiger partial charge is 0.306 e. The molecule has 0 saturated carbocycles. The van der Waals surface area contributed by atoms with E-state index in [-0.39, 0.29) is 32.2 Å². The Morgan fingerprint density at radius 1 is 0.420 bits per heavy atom. The first-order valence-corrected chi connectivity index (χ1v) is 29.8. The van der Waals surface area contributed by atoms with Crippen LogP contribution in [-0.2, 0) is 33.3 Å². The number of rotatable bonds is 56. The molecule has 9 heteroatoms. The quantitative estimate of drug-likeness (QED) is 0.0195. The van der Waals surface area contributed by atoms with Crippen molar-refractivity contribution in [1.29, 1.82) is 0 Å². The fourth-order valence-corrected chi connectivity index (χ4v) is 8.89. The molecular formula is C60H115NO8. The summed E-state index contributed by atoms with van der Waals surface area (Å²) in [7, 11) is 5.93. The van der Waals surface area contributed by atoms with Crippen LogP contribution in [0.25, 0.3) is 0 Å². The molecule has 0 radical (unpaired) electrons. The molecule has 69 heavy (non-hydrogen) atoms. The Morgan fingerprint density at radius 3 is 1.07 bits per heavy atom. The SMILES string of the molecule is CCCCCCCC/C=C\CCCCCCCCCCCC(=O)OC(COC(=O)CCCCCCCCCCCCCCCCCCCCCCCCCCC)COC(OCC[N+](C)(C)C)C(=O)[O-]. The lowest BCUT2D eigenvalue weighted by Crippen LogP contribution is -2.44. The molecular weight excluding hydrogens is 863 g/mol. The van der Waals surface area contributed by atoms with Crippen LogP contribution in [0.15, 0.2) is 12.2 Å². The molecule has 0 spiro atoms. The minimum atomic E-state index is -1.62. The molecule has 0 saturated heterocycles. The zero-order chi connectivity index (χ0) is 50.6. The number of carboxylic acids is 1. The Balaban J connectivity index is 4.16. The Kier molecular flexibility index (Phi) is 50.9. The second kappa shape index (κ2) is 52.4. The Hall–Kier alpha value is -1.97. The highest BCUT2D eigenvalue weighted by Crippen LogP contribution is 2.18. The van der Waals surface area contributed by atoms with Crippen LogP contribution in [0.3, 0.4) is 0 Å². The first-order valence-electron chi connectivity index (χ1n) is 29.8. The number of hydrogen-bond donors (Lipinski definition) is 0. The molecule has 408 valence electrons. The maximum atomic E-state index is 12.9. The van der Waals surface area contributed by atoms with Crippen molar-refractivity contribution in [2.24, 2.45) is 0 Å².